The minimum absolute atomic E-state index is 0. The van der Waals surface area contributed by atoms with E-state index in [1.165, 1.54) is 44.2 Å². The number of aromatic nitrogens is 2. The number of benzene rings is 1. The van der Waals surface area contributed by atoms with Crippen LogP contribution in [0.2, 0.25) is 0 Å². The predicted octanol–water partition coefficient (Wildman–Crippen LogP) is 5.97. The summed E-state index contributed by atoms with van der Waals surface area (Å²) < 4.78 is 13.3. The van der Waals surface area contributed by atoms with E-state index in [2.05, 4.69) is 22.0 Å². The second kappa shape index (κ2) is 6.92. The van der Waals surface area contributed by atoms with Crippen molar-refractivity contribution >= 4 is 28.7 Å². The van der Waals surface area contributed by atoms with Crippen LogP contribution >= 0.6 is 23.7 Å². The van der Waals surface area contributed by atoms with Gasteiger partial charge in [-0.3, -0.25) is 4.40 Å². The Bertz CT molecular complexity index is 1020. The number of rotatable bonds is 4. The highest BCUT2D eigenvalue weighted by Gasteiger charge is 2.52. The molecule has 3 aromatic rings. The molecule has 154 valence electrons. The molecule has 0 amide bonds. The Morgan fingerprint density at radius 2 is 1.72 bits per heavy atom. The molecule has 4 bridgehead atoms. The zero-order chi connectivity index (χ0) is 18.9. The molecule has 0 aliphatic heterocycles. The topological polar surface area (TPSA) is 35.8 Å². The van der Waals surface area contributed by atoms with E-state index in [0.717, 1.165) is 45.5 Å². The first kappa shape index (κ1) is 19.3. The Kier molecular flexibility index (Phi) is 4.59. The van der Waals surface area contributed by atoms with Crippen LogP contribution in [0.15, 0.2) is 29.8 Å². The molecule has 0 N–H and O–H groups in total. The van der Waals surface area contributed by atoms with Crippen LogP contribution in [0.1, 0.15) is 44.2 Å². The SMILES string of the molecule is COc1ccc(-c2csc3nc(C45CC6CC(CC(C6)C4)C5)cn23)c(OC)c1.Cl. The zero-order valence-electron chi connectivity index (χ0n) is 16.9. The van der Waals surface area contributed by atoms with Gasteiger partial charge in [-0.1, -0.05) is 0 Å². The summed E-state index contributed by atoms with van der Waals surface area (Å²) in [6.07, 6.45) is 10.8. The third-order valence-corrected chi connectivity index (χ3v) is 8.32. The van der Waals surface area contributed by atoms with Gasteiger partial charge in [-0.15, -0.1) is 23.7 Å². The zero-order valence-corrected chi connectivity index (χ0v) is 18.5. The van der Waals surface area contributed by atoms with Crippen molar-refractivity contribution in [2.75, 3.05) is 14.2 Å². The summed E-state index contributed by atoms with van der Waals surface area (Å²) in [7, 11) is 3.40. The minimum Gasteiger partial charge on any atom is -0.497 e. The van der Waals surface area contributed by atoms with Gasteiger partial charge in [0.15, 0.2) is 4.96 Å². The van der Waals surface area contributed by atoms with Crippen molar-refractivity contribution in [2.45, 2.75) is 43.9 Å². The lowest BCUT2D eigenvalue weighted by molar-refractivity contribution is -0.00696. The average molecular weight is 431 g/mol. The van der Waals surface area contributed by atoms with Crippen LogP contribution in [-0.4, -0.2) is 23.6 Å². The van der Waals surface area contributed by atoms with Crippen LogP contribution in [0.4, 0.5) is 0 Å². The molecule has 4 aliphatic rings. The maximum atomic E-state index is 5.66. The first-order chi connectivity index (χ1) is 13.7. The van der Waals surface area contributed by atoms with E-state index in [-0.39, 0.29) is 12.4 Å². The van der Waals surface area contributed by atoms with Gasteiger partial charge in [0.2, 0.25) is 0 Å². The van der Waals surface area contributed by atoms with Gasteiger partial charge in [0.05, 0.1) is 25.6 Å². The molecule has 2 aromatic heterocycles. The summed E-state index contributed by atoms with van der Waals surface area (Å²) in [4.78, 5) is 6.25. The molecular formula is C23H27ClN2O2S. The third-order valence-electron chi connectivity index (χ3n) is 7.48. The average Bonchev–Trinajstić information content (AvgIpc) is 3.28. The van der Waals surface area contributed by atoms with Crippen LogP contribution in [0.25, 0.3) is 16.2 Å². The van der Waals surface area contributed by atoms with Gasteiger partial charge in [-0.2, -0.15) is 0 Å². The van der Waals surface area contributed by atoms with Crippen molar-refractivity contribution in [1.82, 2.24) is 9.38 Å². The summed E-state index contributed by atoms with van der Waals surface area (Å²) in [5, 5.41) is 2.19. The summed E-state index contributed by atoms with van der Waals surface area (Å²) >= 11 is 1.73. The molecule has 4 aliphatic carbocycles. The highest BCUT2D eigenvalue weighted by Crippen LogP contribution is 2.60. The maximum Gasteiger partial charge on any atom is 0.194 e. The molecule has 0 spiro atoms. The normalized spacial score (nSPS) is 29.8. The molecule has 0 saturated heterocycles. The van der Waals surface area contributed by atoms with Gasteiger partial charge in [0.25, 0.3) is 0 Å². The maximum absolute atomic E-state index is 5.66. The molecule has 1 aromatic carbocycles. The van der Waals surface area contributed by atoms with E-state index in [1.54, 1.807) is 25.6 Å². The Morgan fingerprint density at radius 1 is 1.03 bits per heavy atom. The first-order valence-electron chi connectivity index (χ1n) is 10.4. The fraction of sp³-hybridized carbons (Fsp3) is 0.522. The molecule has 4 saturated carbocycles. The summed E-state index contributed by atoms with van der Waals surface area (Å²) in [6.45, 7) is 0. The molecule has 2 heterocycles. The highest BCUT2D eigenvalue weighted by molar-refractivity contribution is 7.15. The fourth-order valence-corrected chi connectivity index (χ4v) is 7.54. The van der Waals surface area contributed by atoms with Crippen LogP contribution in [0, 0.1) is 17.8 Å². The smallest absolute Gasteiger partial charge is 0.194 e. The minimum atomic E-state index is 0. The van der Waals surface area contributed by atoms with Gasteiger partial charge in [-0.05, 0) is 68.4 Å². The molecule has 4 fully saturated rings. The molecule has 0 unspecified atom stereocenters. The van der Waals surface area contributed by atoms with E-state index in [1.807, 2.05) is 12.1 Å². The fourth-order valence-electron chi connectivity index (χ4n) is 6.67. The van der Waals surface area contributed by atoms with Crippen molar-refractivity contribution in [1.29, 1.82) is 0 Å². The number of imidazole rings is 1. The molecule has 4 nitrogen and oxygen atoms in total. The number of fused-ring (bicyclic) bond motifs is 1. The van der Waals surface area contributed by atoms with E-state index >= 15 is 0 Å². The van der Waals surface area contributed by atoms with Crippen molar-refractivity contribution in [2.24, 2.45) is 17.8 Å². The highest BCUT2D eigenvalue weighted by atomic mass is 35.5. The van der Waals surface area contributed by atoms with Gasteiger partial charge in [0, 0.05) is 28.6 Å². The summed E-state index contributed by atoms with van der Waals surface area (Å²) in [5.41, 5.74) is 3.92. The molecular weight excluding hydrogens is 404 g/mol. The Labute approximate surface area is 181 Å². The monoisotopic (exact) mass is 430 g/mol. The second-order valence-electron chi connectivity index (χ2n) is 9.16. The van der Waals surface area contributed by atoms with E-state index < -0.39 is 0 Å². The number of halogens is 1. The Hall–Kier alpha value is -1.72. The van der Waals surface area contributed by atoms with Crippen molar-refractivity contribution in [3.63, 3.8) is 0 Å². The van der Waals surface area contributed by atoms with Gasteiger partial charge in [-0.25, -0.2) is 4.98 Å². The quantitative estimate of drug-likeness (QED) is 0.511. The standard InChI is InChI=1S/C23H26N2O2S.ClH/c1-26-17-3-4-18(20(8-17)27-2)19-13-28-22-24-21(12-25(19)22)23-9-14-5-15(10-23)7-16(6-14)11-23;/h3-4,8,12-16H,5-7,9-11H2,1-2H3;1H. The van der Waals surface area contributed by atoms with Crippen LogP contribution in [-0.2, 0) is 5.41 Å². The van der Waals surface area contributed by atoms with Gasteiger partial charge in [0.1, 0.15) is 11.5 Å². The predicted molar refractivity (Wildman–Crippen MR) is 119 cm³/mol. The number of ether oxygens (including phenoxy) is 2. The molecule has 6 heteroatoms. The number of hydrogen-bond acceptors (Lipinski definition) is 4. The Balaban J connectivity index is 0.00000181. The van der Waals surface area contributed by atoms with Crippen molar-refractivity contribution < 1.29 is 9.47 Å². The number of nitrogens with zero attached hydrogens (tertiary/aromatic N) is 2. The van der Waals surface area contributed by atoms with Gasteiger partial charge < -0.3 is 9.47 Å². The molecule has 0 radical (unpaired) electrons. The van der Waals surface area contributed by atoms with Crippen molar-refractivity contribution in [3.05, 3.63) is 35.5 Å². The lowest BCUT2D eigenvalue weighted by Gasteiger charge is -2.56. The molecule has 29 heavy (non-hydrogen) atoms. The second-order valence-corrected chi connectivity index (χ2v) is 10.0. The Morgan fingerprint density at radius 3 is 2.34 bits per heavy atom. The largest absolute Gasteiger partial charge is 0.497 e. The third kappa shape index (κ3) is 2.89. The number of methoxy groups -OCH3 is 2. The van der Waals surface area contributed by atoms with Gasteiger partial charge >= 0.3 is 0 Å². The number of thiazole rings is 1. The van der Waals surface area contributed by atoms with E-state index in [4.69, 9.17) is 14.5 Å². The van der Waals surface area contributed by atoms with Crippen molar-refractivity contribution in [3.8, 4) is 22.8 Å². The van der Waals surface area contributed by atoms with E-state index in [0.29, 0.717) is 5.41 Å². The van der Waals surface area contributed by atoms with Crippen LogP contribution in [0.5, 0.6) is 11.5 Å². The van der Waals surface area contributed by atoms with E-state index in [9.17, 15) is 0 Å². The molecule has 7 rings (SSSR count). The van der Waals surface area contributed by atoms with Crippen LogP contribution < -0.4 is 9.47 Å². The summed E-state index contributed by atoms with van der Waals surface area (Å²) in [6, 6.07) is 6.04. The molecule has 0 atom stereocenters. The lowest BCUT2D eigenvalue weighted by Crippen LogP contribution is -2.48. The van der Waals surface area contributed by atoms with Crippen LogP contribution in [0.3, 0.4) is 0 Å². The first-order valence-corrected chi connectivity index (χ1v) is 11.2. The summed E-state index contributed by atoms with van der Waals surface area (Å²) in [5.74, 6) is 4.46. The lowest BCUT2D eigenvalue weighted by atomic mass is 9.49. The number of hydrogen-bond donors (Lipinski definition) is 0.